The molecule has 1 aromatic carbocycles. The molecule has 3 nitrogen and oxygen atoms in total. The molecule has 0 aromatic heterocycles. The first kappa shape index (κ1) is 12.6. The molecule has 5 heteroatoms. The van der Waals surface area contributed by atoms with E-state index in [1.165, 1.54) is 6.07 Å². The minimum Gasteiger partial charge on any atom is -0.478 e. The summed E-state index contributed by atoms with van der Waals surface area (Å²) in [6.45, 7) is 0.0914. The van der Waals surface area contributed by atoms with Crippen LogP contribution in [0.1, 0.15) is 34.7 Å². The minimum atomic E-state index is -1.11. The summed E-state index contributed by atoms with van der Waals surface area (Å²) in [6, 6.07) is 3.99. The van der Waals surface area contributed by atoms with Crippen molar-refractivity contribution in [1.82, 2.24) is 0 Å². The van der Waals surface area contributed by atoms with Crippen molar-refractivity contribution in [2.24, 2.45) is 0 Å². The van der Waals surface area contributed by atoms with Crippen LogP contribution in [0.15, 0.2) is 18.2 Å². The van der Waals surface area contributed by atoms with E-state index in [9.17, 15) is 9.18 Å². The number of nitriles is 1. The maximum atomic E-state index is 13.4. The summed E-state index contributed by atoms with van der Waals surface area (Å²) in [5.74, 6) is 0.802. The van der Waals surface area contributed by atoms with Crippen molar-refractivity contribution >= 4 is 12.7 Å². The van der Waals surface area contributed by atoms with Crippen molar-refractivity contribution in [3.8, 4) is 5.97 Å². The van der Waals surface area contributed by atoms with E-state index < -0.39 is 11.8 Å². The lowest BCUT2D eigenvalue weighted by Gasteiger charge is -2.23. The SMILES string of the molecule is N#CB1CCC(c2cc(F)cc(C(=O)O)c2)CC1. The third-order valence-electron chi connectivity index (χ3n) is 3.55. The van der Waals surface area contributed by atoms with Gasteiger partial charge in [-0.05, 0) is 29.7 Å². The average molecular weight is 245 g/mol. The first-order chi connectivity index (χ1) is 8.60. The Labute approximate surface area is 105 Å². The number of rotatable bonds is 2. The summed E-state index contributed by atoms with van der Waals surface area (Å²) in [5.41, 5.74) is 0.733. The van der Waals surface area contributed by atoms with Gasteiger partial charge in [0.1, 0.15) is 5.82 Å². The Morgan fingerprint density at radius 3 is 2.61 bits per heavy atom. The Bertz CT molecular complexity index is 504. The first-order valence-corrected chi connectivity index (χ1v) is 6.03. The number of aromatic carboxylic acids is 1. The molecule has 0 atom stereocenters. The van der Waals surface area contributed by atoms with Gasteiger partial charge in [0.15, 0.2) is 0 Å². The molecule has 0 radical (unpaired) electrons. The summed E-state index contributed by atoms with van der Waals surface area (Å²) >= 11 is 0. The summed E-state index contributed by atoms with van der Waals surface area (Å²) < 4.78 is 13.4. The third kappa shape index (κ3) is 2.70. The quantitative estimate of drug-likeness (QED) is 0.814. The van der Waals surface area contributed by atoms with Crippen LogP contribution in [0.5, 0.6) is 0 Å². The molecule has 1 aliphatic heterocycles. The Morgan fingerprint density at radius 2 is 2.06 bits per heavy atom. The molecule has 18 heavy (non-hydrogen) atoms. The standard InChI is InChI=1S/C13H13BFNO2/c15-12-6-10(5-11(7-12)13(17)18)9-1-3-14(8-16)4-2-9/h5-7,9H,1-4H2,(H,17,18). The van der Waals surface area contributed by atoms with Gasteiger partial charge in [0, 0.05) is 5.97 Å². The van der Waals surface area contributed by atoms with Gasteiger partial charge in [-0.25, -0.2) is 14.4 Å². The lowest BCUT2D eigenvalue weighted by molar-refractivity contribution is 0.0696. The van der Waals surface area contributed by atoms with Crippen molar-refractivity contribution in [1.29, 1.82) is 5.26 Å². The van der Waals surface area contributed by atoms with Gasteiger partial charge >= 0.3 is 5.97 Å². The summed E-state index contributed by atoms with van der Waals surface area (Å²) in [7, 11) is 0. The zero-order valence-electron chi connectivity index (χ0n) is 9.90. The smallest absolute Gasteiger partial charge is 0.335 e. The average Bonchev–Trinajstić information content (AvgIpc) is 2.38. The molecule has 0 unspecified atom stereocenters. The minimum absolute atomic E-state index is 0.00703. The lowest BCUT2D eigenvalue weighted by Crippen LogP contribution is -2.19. The molecular formula is C13H13BFNO2. The highest BCUT2D eigenvalue weighted by Gasteiger charge is 2.25. The van der Waals surface area contributed by atoms with Gasteiger partial charge in [-0.1, -0.05) is 25.5 Å². The molecular weight excluding hydrogens is 232 g/mol. The van der Waals surface area contributed by atoms with Gasteiger partial charge in [-0.2, -0.15) is 0 Å². The number of benzene rings is 1. The Hall–Kier alpha value is -1.83. The van der Waals surface area contributed by atoms with Gasteiger partial charge in [-0.3, -0.25) is 0 Å². The summed E-state index contributed by atoms with van der Waals surface area (Å²) in [5, 5.41) is 17.7. The van der Waals surface area contributed by atoms with Crippen LogP contribution < -0.4 is 0 Å². The van der Waals surface area contributed by atoms with E-state index in [1.807, 2.05) is 0 Å². The van der Waals surface area contributed by atoms with Crippen molar-refractivity contribution in [3.05, 3.63) is 35.1 Å². The van der Waals surface area contributed by atoms with E-state index in [1.54, 1.807) is 6.07 Å². The van der Waals surface area contributed by atoms with Crippen LogP contribution in [-0.4, -0.2) is 17.8 Å². The maximum absolute atomic E-state index is 13.4. The second-order valence-corrected chi connectivity index (χ2v) is 4.76. The third-order valence-corrected chi connectivity index (χ3v) is 3.55. The van der Waals surface area contributed by atoms with Gasteiger partial charge in [0.2, 0.25) is 0 Å². The predicted octanol–water partition coefficient (Wildman–Crippen LogP) is 2.96. The number of carboxylic acids is 1. The molecule has 1 N–H and O–H groups in total. The van der Waals surface area contributed by atoms with Crippen LogP contribution in [0.25, 0.3) is 0 Å². The largest absolute Gasteiger partial charge is 0.478 e. The number of halogens is 1. The van der Waals surface area contributed by atoms with Crippen LogP contribution in [-0.2, 0) is 0 Å². The summed E-state index contributed by atoms with van der Waals surface area (Å²) in [6.07, 6.45) is 3.25. The molecule has 0 spiro atoms. The fourth-order valence-electron chi connectivity index (χ4n) is 2.53. The van der Waals surface area contributed by atoms with E-state index in [0.29, 0.717) is 0 Å². The van der Waals surface area contributed by atoms with Crippen molar-refractivity contribution < 1.29 is 14.3 Å². The fourth-order valence-corrected chi connectivity index (χ4v) is 2.53. The maximum Gasteiger partial charge on any atom is 0.335 e. The number of hydrogen-bond acceptors (Lipinski definition) is 2. The summed E-state index contributed by atoms with van der Waals surface area (Å²) in [4.78, 5) is 10.9. The molecule has 1 heterocycles. The lowest BCUT2D eigenvalue weighted by atomic mass is 9.41. The second-order valence-electron chi connectivity index (χ2n) is 4.76. The zero-order chi connectivity index (χ0) is 13.1. The van der Waals surface area contributed by atoms with Gasteiger partial charge < -0.3 is 5.11 Å². The van der Waals surface area contributed by atoms with Crippen LogP contribution in [0.3, 0.4) is 0 Å². The van der Waals surface area contributed by atoms with Crippen molar-refractivity contribution in [3.63, 3.8) is 0 Å². The molecule has 0 aliphatic carbocycles. The van der Waals surface area contributed by atoms with Gasteiger partial charge in [0.25, 0.3) is 6.71 Å². The molecule has 92 valence electrons. The number of carboxylic acid groups (broad SMARTS) is 1. The van der Waals surface area contributed by atoms with Crippen LogP contribution >= 0.6 is 0 Å². The Balaban J connectivity index is 2.19. The van der Waals surface area contributed by atoms with Gasteiger partial charge in [0.05, 0.1) is 5.56 Å². The van der Waals surface area contributed by atoms with E-state index in [0.717, 1.165) is 37.1 Å². The van der Waals surface area contributed by atoms with Crippen LogP contribution in [0.4, 0.5) is 4.39 Å². The van der Waals surface area contributed by atoms with E-state index in [-0.39, 0.29) is 18.2 Å². The van der Waals surface area contributed by atoms with Gasteiger partial charge in [-0.15, -0.1) is 0 Å². The highest BCUT2D eigenvalue weighted by atomic mass is 19.1. The molecule has 0 amide bonds. The molecule has 1 saturated heterocycles. The van der Waals surface area contributed by atoms with Crippen LogP contribution in [0, 0.1) is 17.0 Å². The van der Waals surface area contributed by atoms with Crippen molar-refractivity contribution in [2.75, 3.05) is 0 Å². The number of hydrogen-bond donors (Lipinski definition) is 1. The zero-order valence-corrected chi connectivity index (χ0v) is 9.90. The molecule has 1 aliphatic rings. The molecule has 1 aromatic rings. The molecule has 0 bridgehead atoms. The molecule has 1 fully saturated rings. The second kappa shape index (κ2) is 5.22. The highest BCUT2D eigenvalue weighted by Crippen LogP contribution is 2.34. The van der Waals surface area contributed by atoms with E-state index in [2.05, 4.69) is 5.97 Å². The molecule has 2 rings (SSSR count). The van der Waals surface area contributed by atoms with E-state index in [4.69, 9.17) is 10.4 Å². The number of carbonyl (C=O) groups is 1. The van der Waals surface area contributed by atoms with Crippen LogP contribution in [0.2, 0.25) is 12.6 Å². The highest BCUT2D eigenvalue weighted by molar-refractivity contribution is 6.67. The number of nitrogens with zero attached hydrogens (tertiary/aromatic N) is 1. The molecule has 0 saturated carbocycles. The topological polar surface area (TPSA) is 61.1 Å². The van der Waals surface area contributed by atoms with E-state index >= 15 is 0 Å². The Morgan fingerprint density at radius 1 is 1.39 bits per heavy atom. The monoisotopic (exact) mass is 245 g/mol. The predicted molar refractivity (Wildman–Crippen MR) is 66.3 cm³/mol. The first-order valence-electron chi connectivity index (χ1n) is 6.03. The Kier molecular flexibility index (Phi) is 3.66. The normalized spacial score (nSPS) is 16.3. The fraction of sp³-hybridized carbons (Fsp3) is 0.385. The van der Waals surface area contributed by atoms with Crippen molar-refractivity contribution in [2.45, 2.75) is 31.4 Å².